The number of carbonyl (C=O) groups excluding carboxylic acids is 1. The first-order chi connectivity index (χ1) is 18.7. The predicted octanol–water partition coefficient (Wildman–Crippen LogP) is 5.95. The molecule has 3 aromatic rings. The molecule has 2 aliphatic rings. The monoisotopic (exact) mass is 553 g/mol. The van der Waals surface area contributed by atoms with Crippen LogP contribution < -0.4 is 15.8 Å². The van der Waals surface area contributed by atoms with E-state index in [1.807, 2.05) is 0 Å². The van der Waals surface area contributed by atoms with E-state index in [4.69, 9.17) is 23.1 Å². The largest absolute Gasteiger partial charge is 0.484 e. The lowest BCUT2D eigenvalue weighted by Crippen LogP contribution is -2.43. The van der Waals surface area contributed by atoms with Gasteiger partial charge in [0.25, 0.3) is 5.91 Å². The van der Waals surface area contributed by atoms with Crippen molar-refractivity contribution < 1.29 is 18.3 Å². The van der Waals surface area contributed by atoms with Crippen LogP contribution in [0.3, 0.4) is 0 Å². The van der Waals surface area contributed by atoms with E-state index in [2.05, 4.69) is 27.1 Å². The quantitative estimate of drug-likeness (QED) is 0.299. The fourth-order valence-electron chi connectivity index (χ4n) is 5.11. The van der Waals surface area contributed by atoms with E-state index in [0.29, 0.717) is 29.2 Å². The van der Waals surface area contributed by atoms with Crippen molar-refractivity contribution in [2.45, 2.75) is 63.3 Å². The highest BCUT2D eigenvalue weighted by molar-refractivity contribution is 7.80. The summed E-state index contributed by atoms with van der Waals surface area (Å²) in [6.45, 7) is 5.67. The molecule has 2 atom stereocenters. The third-order valence-electron chi connectivity index (χ3n) is 7.42. The maximum Gasteiger partial charge on any atom is 0.258 e. The number of rotatable bonds is 8. The van der Waals surface area contributed by atoms with Gasteiger partial charge in [0.2, 0.25) is 0 Å². The van der Waals surface area contributed by atoms with E-state index in [0.717, 1.165) is 44.3 Å². The van der Waals surface area contributed by atoms with E-state index in [9.17, 15) is 13.6 Å². The Kier molecular flexibility index (Phi) is 8.04. The van der Waals surface area contributed by atoms with Gasteiger partial charge < -0.3 is 15.8 Å². The molecule has 5 rings (SSSR count). The molecule has 7 nitrogen and oxygen atoms in total. The molecule has 1 aliphatic heterocycles. The first-order valence-electron chi connectivity index (χ1n) is 13.4. The van der Waals surface area contributed by atoms with Gasteiger partial charge in [-0.2, -0.15) is 12.6 Å². The fourth-order valence-corrected chi connectivity index (χ4v) is 5.57. The zero-order chi connectivity index (χ0) is 27.7. The molecule has 2 heterocycles. The number of likely N-dealkylation sites (tertiary alicyclic amines) is 1. The van der Waals surface area contributed by atoms with Gasteiger partial charge >= 0.3 is 0 Å². The number of benzene rings is 2. The fraction of sp³-hybridized carbons (Fsp3) is 0.414. The second kappa shape index (κ2) is 11.5. The Morgan fingerprint density at radius 1 is 1.21 bits per heavy atom. The lowest BCUT2D eigenvalue weighted by molar-refractivity contribution is 0.0897. The molecule has 2 unspecified atom stereocenters. The molecule has 0 bridgehead atoms. The number of nitrogen functional groups attached to an aromatic ring is 1. The zero-order valence-corrected chi connectivity index (χ0v) is 23.0. The second-order valence-electron chi connectivity index (χ2n) is 10.3. The number of halogens is 2. The summed E-state index contributed by atoms with van der Waals surface area (Å²) in [5, 5.41) is 2.72. The van der Waals surface area contributed by atoms with Gasteiger partial charge in [0.05, 0.1) is 10.9 Å². The molecule has 0 spiro atoms. The maximum absolute atomic E-state index is 14.9. The summed E-state index contributed by atoms with van der Waals surface area (Å²) in [6.07, 6.45) is 5.70. The summed E-state index contributed by atoms with van der Waals surface area (Å²) in [6, 6.07) is 7.18. The van der Waals surface area contributed by atoms with Crippen LogP contribution in [0.25, 0.3) is 11.3 Å². The average molecular weight is 554 g/mol. The number of carbonyl (C=O) groups is 1. The number of anilines is 2. The summed E-state index contributed by atoms with van der Waals surface area (Å²) in [4.78, 5) is 23.8. The third kappa shape index (κ3) is 6.01. The van der Waals surface area contributed by atoms with Gasteiger partial charge in [-0.05, 0) is 80.5 Å². The zero-order valence-electron chi connectivity index (χ0n) is 22.1. The number of ether oxygens (including phenoxy) is 1. The van der Waals surface area contributed by atoms with E-state index in [1.165, 1.54) is 30.6 Å². The minimum Gasteiger partial charge on any atom is -0.484 e. The van der Waals surface area contributed by atoms with Crippen LogP contribution in [-0.2, 0) is 0 Å². The topological polar surface area (TPSA) is 93.4 Å². The molecule has 1 saturated carbocycles. The van der Waals surface area contributed by atoms with E-state index in [-0.39, 0.29) is 34.3 Å². The standard InChI is InChI=1S/C29H33F2N5O2S/c1-3-9-36-10-8-20(14-25(36)39)38-27-26(33-15-34-28(27)32)22-12-19(30)13-24(16(22)2)35-29(37)21-7-6-18(11-23(21)31)17-4-5-17/h6-7,11-13,15,17,20,25,39H,3-5,8-10,14H2,1-2H3,(H,35,37)(H2,32,33,34). The third-order valence-corrected chi connectivity index (χ3v) is 7.96. The highest BCUT2D eigenvalue weighted by atomic mass is 32.1. The number of amides is 1. The predicted molar refractivity (Wildman–Crippen MR) is 151 cm³/mol. The SMILES string of the molecule is CCCN1CCC(Oc2c(N)ncnc2-c2cc(F)cc(NC(=O)c3ccc(C4CC4)cc3F)c2C)CC1S. The smallest absolute Gasteiger partial charge is 0.258 e. The van der Waals surface area contributed by atoms with Gasteiger partial charge in [0, 0.05) is 24.2 Å². The van der Waals surface area contributed by atoms with Crippen molar-refractivity contribution >= 4 is 30.0 Å². The van der Waals surface area contributed by atoms with E-state index in [1.54, 1.807) is 13.0 Å². The number of nitrogens with two attached hydrogens (primary N) is 1. The average Bonchev–Trinajstić information content (AvgIpc) is 3.74. The molecule has 2 aromatic carbocycles. The van der Waals surface area contributed by atoms with Crippen LogP contribution in [0.5, 0.6) is 5.75 Å². The van der Waals surface area contributed by atoms with Crippen molar-refractivity contribution in [3.05, 3.63) is 65.0 Å². The van der Waals surface area contributed by atoms with Gasteiger partial charge in [0.15, 0.2) is 11.6 Å². The molecule has 2 fully saturated rings. The summed E-state index contributed by atoms with van der Waals surface area (Å²) in [5.41, 5.74) is 8.45. The maximum atomic E-state index is 14.9. The molecule has 39 heavy (non-hydrogen) atoms. The Morgan fingerprint density at radius 2 is 2.00 bits per heavy atom. The van der Waals surface area contributed by atoms with Crippen LogP contribution in [0.1, 0.15) is 66.4 Å². The van der Waals surface area contributed by atoms with Crippen LogP contribution in [0.15, 0.2) is 36.7 Å². The molecular formula is C29H33F2N5O2S. The van der Waals surface area contributed by atoms with Gasteiger partial charge in [0.1, 0.15) is 29.8 Å². The molecule has 10 heteroatoms. The summed E-state index contributed by atoms with van der Waals surface area (Å²) in [5.74, 6) is -1.09. The van der Waals surface area contributed by atoms with Crippen molar-refractivity contribution in [1.82, 2.24) is 14.9 Å². The van der Waals surface area contributed by atoms with Gasteiger partial charge in [-0.15, -0.1) is 0 Å². The van der Waals surface area contributed by atoms with Crippen molar-refractivity contribution in [3.63, 3.8) is 0 Å². The Balaban J connectivity index is 1.41. The Hall–Kier alpha value is -3.24. The van der Waals surface area contributed by atoms with Crippen LogP contribution >= 0.6 is 12.6 Å². The molecule has 1 saturated heterocycles. The van der Waals surface area contributed by atoms with Crippen molar-refractivity contribution in [2.24, 2.45) is 0 Å². The lowest BCUT2D eigenvalue weighted by atomic mass is 10.0. The molecule has 206 valence electrons. The summed E-state index contributed by atoms with van der Waals surface area (Å²) in [7, 11) is 0. The first kappa shape index (κ1) is 27.3. The van der Waals surface area contributed by atoms with Gasteiger partial charge in [-0.1, -0.05) is 13.0 Å². The number of aromatic nitrogens is 2. The Morgan fingerprint density at radius 3 is 2.69 bits per heavy atom. The van der Waals surface area contributed by atoms with E-state index < -0.39 is 17.5 Å². The number of hydrogen-bond acceptors (Lipinski definition) is 7. The number of thiol groups is 1. The number of nitrogens with one attached hydrogen (secondary N) is 1. The molecular weight excluding hydrogens is 520 g/mol. The Bertz CT molecular complexity index is 1380. The van der Waals surface area contributed by atoms with Crippen LogP contribution in [-0.4, -0.2) is 45.3 Å². The van der Waals surface area contributed by atoms with E-state index >= 15 is 0 Å². The lowest BCUT2D eigenvalue weighted by Gasteiger charge is -2.37. The molecule has 1 aliphatic carbocycles. The highest BCUT2D eigenvalue weighted by Gasteiger charge is 2.29. The summed E-state index contributed by atoms with van der Waals surface area (Å²) >= 11 is 4.74. The number of piperidine rings is 1. The van der Waals surface area contributed by atoms with Crippen molar-refractivity contribution in [3.8, 4) is 17.0 Å². The van der Waals surface area contributed by atoms with Gasteiger partial charge in [-0.25, -0.2) is 18.7 Å². The van der Waals surface area contributed by atoms with Crippen molar-refractivity contribution in [1.29, 1.82) is 0 Å². The molecule has 0 radical (unpaired) electrons. The first-order valence-corrected chi connectivity index (χ1v) is 13.9. The molecule has 1 aromatic heterocycles. The second-order valence-corrected chi connectivity index (χ2v) is 10.9. The Labute approximate surface area is 232 Å². The van der Waals surface area contributed by atoms with Crippen LogP contribution in [0, 0.1) is 18.6 Å². The molecule has 1 amide bonds. The van der Waals surface area contributed by atoms with Gasteiger partial charge in [-0.3, -0.25) is 9.69 Å². The minimum absolute atomic E-state index is 0.0504. The highest BCUT2D eigenvalue weighted by Crippen LogP contribution is 2.41. The summed E-state index contributed by atoms with van der Waals surface area (Å²) < 4.78 is 35.9. The van der Waals surface area contributed by atoms with Crippen molar-refractivity contribution in [2.75, 3.05) is 24.1 Å². The normalized spacial score (nSPS) is 19.6. The molecule has 3 N–H and O–H groups in total. The number of nitrogens with zero attached hydrogens (tertiary/aromatic N) is 3. The minimum atomic E-state index is -0.660. The van der Waals surface area contributed by atoms with Crippen LogP contribution in [0.4, 0.5) is 20.3 Å². The van der Waals surface area contributed by atoms with Crippen LogP contribution in [0.2, 0.25) is 0 Å². The number of hydrogen-bond donors (Lipinski definition) is 3.